The highest BCUT2D eigenvalue weighted by molar-refractivity contribution is 7.91. The summed E-state index contributed by atoms with van der Waals surface area (Å²) in [6.07, 6.45) is 3.62. The smallest absolute Gasteiger partial charge is 0.236 e. The fourth-order valence-electron chi connectivity index (χ4n) is 2.46. The third-order valence-electron chi connectivity index (χ3n) is 3.47. The highest BCUT2D eigenvalue weighted by Gasteiger charge is 2.35. The predicted molar refractivity (Wildman–Crippen MR) is 73.8 cm³/mol. The van der Waals surface area contributed by atoms with Crippen LogP contribution in [-0.4, -0.2) is 58.2 Å². The van der Waals surface area contributed by atoms with E-state index >= 15 is 0 Å². The number of hydrogen-bond acceptors (Lipinski definition) is 5. The van der Waals surface area contributed by atoms with Crippen LogP contribution in [0.4, 0.5) is 0 Å². The van der Waals surface area contributed by atoms with E-state index in [0.29, 0.717) is 19.6 Å². The van der Waals surface area contributed by atoms with Crippen molar-refractivity contribution in [1.82, 2.24) is 10.6 Å². The van der Waals surface area contributed by atoms with Gasteiger partial charge in [0.2, 0.25) is 5.91 Å². The summed E-state index contributed by atoms with van der Waals surface area (Å²) in [5.41, 5.74) is 0. The zero-order valence-corrected chi connectivity index (χ0v) is 12.6. The third kappa shape index (κ3) is 5.08. The van der Waals surface area contributed by atoms with Gasteiger partial charge in [-0.15, -0.1) is 0 Å². The van der Waals surface area contributed by atoms with E-state index in [4.69, 9.17) is 4.74 Å². The van der Waals surface area contributed by atoms with Gasteiger partial charge in [-0.1, -0.05) is 6.42 Å². The van der Waals surface area contributed by atoms with Crippen molar-refractivity contribution in [2.75, 3.05) is 26.5 Å². The third-order valence-corrected chi connectivity index (χ3v) is 5.13. The summed E-state index contributed by atoms with van der Waals surface area (Å²) in [5.74, 6) is -0.129. The molecule has 0 saturated heterocycles. The molecule has 2 N–H and O–H groups in total. The highest BCUT2D eigenvalue weighted by atomic mass is 32.2. The van der Waals surface area contributed by atoms with Gasteiger partial charge in [-0.05, 0) is 19.8 Å². The van der Waals surface area contributed by atoms with Crippen molar-refractivity contribution in [3.63, 3.8) is 0 Å². The van der Waals surface area contributed by atoms with E-state index in [1.807, 2.05) is 0 Å². The van der Waals surface area contributed by atoms with E-state index in [1.54, 1.807) is 14.0 Å². The maximum atomic E-state index is 11.8. The molecule has 1 fully saturated rings. The quantitative estimate of drug-likeness (QED) is 0.629. The molecule has 0 aromatic carbocycles. The van der Waals surface area contributed by atoms with Gasteiger partial charge >= 0.3 is 0 Å². The fraction of sp³-hybridized carbons (Fsp3) is 0.917. The van der Waals surface area contributed by atoms with E-state index in [1.165, 1.54) is 6.26 Å². The summed E-state index contributed by atoms with van der Waals surface area (Å²) in [6.45, 7) is 2.68. The molecule has 3 atom stereocenters. The molecule has 0 aliphatic heterocycles. The number of rotatable bonds is 7. The summed E-state index contributed by atoms with van der Waals surface area (Å²) < 4.78 is 28.2. The van der Waals surface area contributed by atoms with Crippen LogP contribution in [0.15, 0.2) is 0 Å². The Bertz CT molecular complexity index is 397. The molecular weight excluding hydrogens is 268 g/mol. The second-order valence-electron chi connectivity index (χ2n) is 5.08. The van der Waals surface area contributed by atoms with Gasteiger partial charge in [0.05, 0.1) is 17.9 Å². The Kier molecular flexibility index (Phi) is 6.22. The molecule has 7 heteroatoms. The topological polar surface area (TPSA) is 84.5 Å². The van der Waals surface area contributed by atoms with Crippen molar-refractivity contribution < 1.29 is 17.9 Å². The first kappa shape index (κ1) is 16.4. The molecule has 0 radical (unpaired) electrons. The van der Waals surface area contributed by atoms with Crippen molar-refractivity contribution in [3.8, 4) is 0 Å². The molecule has 1 saturated carbocycles. The molecule has 1 rings (SSSR count). The van der Waals surface area contributed by atoms with Gasteiger partial charge < -0.3 is 15.4 Å². The van der Waals surface area contributed by atoms with Gasteiger partial charge in [0, 0.05) is 26.0 Å². The first-order valence-corrected chi connectivity index (χ1v) is 8.53. The van der Waals surface area contributed by atoms with Crippen LogP contribution in [0.1, 0.15) is 26.2 Å². The average Bonchev–Trinajstić information content (AvgIpc) is 2.77. The monoisotopic (exact) mass is 292 g/mol. The lowest BCUT2D eigenvalue weighted by Crippen LogP contribution is -2.50. The number of ether oxygens (including phenoxy) is 1. The fourth-order valence-corrected chi connectivity index (χ4v) is 3.86. The lowest BCUT2D eigenvalue weighted by atomic mass is 10.2. The molecule has 0 bridgehead atoms. The van der Waals surface area contributed by atoms with Gasteiger partial charge in [0.25, 0.3) is 0 Å². The maximum absolute atomic E-state index is 11.8. The standard InChI is InChI=1S/C12H24N2O4S/c1-9(12(15)13-7-8-18-2)14-10-5-4-6-11(10)19(3,16)17/h9-11,14H,4-8H2,1-3H3,(H,13,15). The molecular formula is C12H24N2O4S. The molecule has 6 nitrogen and oxygen atoms in total. The van der Waals surface area contributed by atoms with E-state index in [2.05, 4.69) is 10.6 Å². The first-order chi connectivity index (χ1) is 8.86. The molecule has 1 aliphatic rings. The van der Waals surface area contributed by atoms with Crippen LogP contribution in [-0.2, 0) is 19.4 Å². The molecule has 3 unspecified atom stereocenters. The van der Waals surface area contributed by atoms with Crippen LogP contribution < -0.4 is 10.6 Å². The van der Waals surface area contributed by atoms with Crippen LogP contribution in [0.5, 0.6) is 0 Å². The molecule has 0 aromatic rings. The van der Waals surface area contributed by atoms with E-state index in [0.717, 1.165) is 12.8 Å². The summed E-state index contributed by atoms with van der Waals surface area (Å²) in [7, 11) is -1.49. The Morgan fingerprint density at radius 3 is 2.68 bits per heavy atom. The minimum Gasteiger partial charge on any atom is -0.383 e. The average molecular weight is 292 g/mol. The lowest BCUT2D eigenvalue weighted by Gasteiger charge is -2.23. The number of amides is 1. The second-order valence-corrected chi connectivity index (χ2v) is 7.34. The minimum absolute atomic E-state index is 0.127. The zero-order valence-electron chi connectivity index (χ0n) is 11.8. The normalized spacial score (nSPS) is 25.2. The van der Waals surface area contributed by atoms with Crippen LogP contribution >= 0.6 is 0 Å². The lowest BCUT2D eigenvalue weighted by molar-refractivity contribution is -0.123. The van der Waals surface area contributed by atoms with Crippen LogP contribution in [0.25, 0.3) is 0 Å². The maximum Gasteiger partial charge on any atom is 0.236 e. The molecule has 0 spiro atoms. The zero-order chi connectivity index (χ0) is 14.5. The van der Waals surface area contributed by atoms with Gasteiger partial charge in [-0.3, -0.25) is 4.79 Å². The molecule has 0 heterocycles. The van der Waals surface area contributed by atoms with Crippen LogP contribution in [0.2, 0.25) is 0 Å². The number of hydrogen-bond donors (Lipinski definition) is 2. The van der Waals surface area contributed by atoms with E-state index in [9.17, 15) is 13.2 Å². The first-order valence-electron chi connectivity index (χ1n) is 6.58. The van der Waals surface area contributed by atoms with Gasteiger partial charge in [0.1, 0.15) is 0 Å². The van der Waals surface area contributed by atoms with Crippen molar-refractivity contribution in [3.05, 3.63) is 0 Å². The van der Waals surface area contributed by atoms with Gasteiger partial charge in [0.15, 0.2) is 9.84 Å². The summed E-state index contributed by atoms with van der Waals surface area (Å²) >= 11 is 0. The Hall–Kier alpha value is -0.660. The molecule has 112 valence electrons. The van der Waals surface area contributed by atoms with E-state index in [-0.39, 0.29) is 17.2 Å². The molecule has 0 aromatic heterocycles. The SMILES string of the molecule is COCCNC(=O)C(C)NC1CCCC1S(C)(=O)=O. The summed E-state index contributed by atoms with van der Waals surface area (Å²) in [4.78, 5) is 11.8. The van der Waals surface area contributed by atoms with Crippen molar-refractivity contribution in [2.45, 2.75) is 43.5 Å². The highest BCUT2D eigenvalue weighted by Crippen LogP contribution is 2.25. The summed E-state index contributed by atoms with van der Waals surface area (Å²) in [6, 6.07) is -0.526. The second kappa shape index (κ2) is 7.21. The molecule has 1 aliphatic carbocycles. The Morgan fingerprint density at radius 2 is 2.11 bits per heavy atom. The minimum atomic E-state index is -3.06. The van der Waals surface area contributed by atoms with Crippen molar-refractivity contribution >= 4 is 15.7 Å². The largest absolute Gasteiger partial charge is 0.383 e. The van der Waals surface area contributed by atoms with Crippen molar-refractivity contribution in [1.29, 1.82) is 0 Å². The number of sulfone groups is 1. The Labute approximate surface area is 115 Å². The number of methoxy groups -OCH3 is 1. The Balaban J connectivity index is 2.47. The summed E-state index contributed by atoms with van der Waals surface area (Å²) in [5, 5.41) is 5.49. The van der Waals surface area contributed by atoms with Crippen LogP contribution in [0, 0.1) is 0 Å². The van der Waals surface area contributed by atoms with Crippen LogP contribution in [0.3, 0.4) is 0 Å². The molecule has 19 heavy (non-hydrogen) atoms. The van der Waals surface area contributed by atoms with Crippen molar-refractivity contribution in [2.24, 2.45) is 0 Å². The number of carbonyl (C=O) groups excluding carboxylic acids is 1. The Morgan fingerprint density at radius 1 is 1.42 bits per heavy atom. The predicted octanol–water partition coefficient (Wildman–Crippen LogP) is -0.307. The van der Waals surface area contributed by atoms with Gasteiger partial charge in [-0.2, -0.15) is 0 Å². The van der Waals surface area contributed by atoms with E-state index < -0.39 is 15.9 Å². The van der Waals surface area contributed by atoms with Gasteiger partial charge in [-0.25, -0.2) is 8.42 Å². The number of nitrogens with one attached hydrogen (secondary N) is 2. The number of carbonyl (C=O) groups is 1. The molecule has 1 amide bonds.